The molecule has 0 aliphatic heterocycles. The summed E-state index contributed by atoms with van der Waals surface area (Å²) < 4.78 is 1.53. The molecule has 2 amide bonds. The molecule has 10 heteroatoms. The second kappa shape index (κ2) is 7.76. The van der Waals surface area contributed by atoms with E-state index in [1.54, 1.807) is 18.5 Å². The number of hydrogen-bond acceptors (Lipinski definition) is 7. The van der Waals surface area contributed by atoms with Crippen molar-refractivity contribution in [2.24, 2.45) is 0 Å². The van der Waals surface area contributed by atoms with Crippen LogP contribution in [0.15, 0.2) is 18.5 Å². The molecule has 0 aliphatic rings. The SMILES string of the molecule is CCNC(=O)NCNc1nc(NCC)nc(-n2cccn2)n1. The Morgan fingerprint density at radius 1 is 1.09 bits per heavy atom. The molecule has 0 fully saturated rings. The van der Waals surface area contributed by atoms with Crippen molar-refractivity contribution in [3.63, 3.8) is 0 Å². The van der Waals surface area contributed by atoms with Crippen LogP contribution in [0.25, 0.3) is 5.95 Å². The maximum atomic E-state index is 11.3. The summed E-state index contributed by atoms with van der Waals surface area (Å²) in [6.45, 7) is 5.23. The maximum Gasteiger partial charge on any atom is 0.316 e. The first-order chi connectivity index (χ1) is 10.7. The predicted molar refractivity (Wildman–Crippen MR) is 81.8 cm³/mol. The summed E-state index contributed by atoms with van der Waals surface area (Å²) >= 11 is 0. The van der Waals surface area contributed by atoms with E-state index < -0.39 is 0 Å². The van der Waals surface area contributed by atoms with Crippen molar-refractivity contribution in [2.45, 2.75) is 13.8 Å². The number of carbonyl (C=O) groups is 1. The molecule has 2 rings (SSSR count). The fraction of sp³-hybridized carbons (Fsp3) is 0.417. The molecule has 4 N–H and O–H groups in total. The van der Waals surface area contributed by atoms with E-state index in [9.17, 15) is 4.79 Å². The van der Waals surface area contributed by atoms with Gasteiger partial charge in [-0.2, -0.15) is 20.1 Å². The molecular weight excluding hydrogens is 286 g/mol. The van der Waals surface area contributed by atoms with Gasteiger partial charge in [0.05, 0.1) is 6.67 Å². The number of rotatable bonds is 7. The topological polar surface area (TPSA) is 122 Å². The van der Waals surface area contributed by atoms with Crippen LogP contribution in [0.2, 0.25) is 0 Å². The van der Waals surface area contributed by atoms with E-state index in [0.29, 0.717) is 30.9 Å². The zero-order valence-corrected chi connectivity index (χ0v) is 12.5. The molecule has 22 heavy (non-hydrogen) atoms. The van der Waals surface area contributed by atoms with Crippen LogP contribution in [0.1, 0.15) is 13.8 Å². The monoisotopic (exact) mass is 305 g/mol. The van der Waals surface area contributed by atoms with Crippen LogP contribution in [0.5, 0.6) is 0 Å². The van der Waals surface area contributed by atoms with Gasteiger partial charge in [0.1, 0.15) is 0 Å². The highest BCUT2D eigenvalue weighted by molar-refractivity contribution is 5.73. The van der Waals surface area contributed by atoms with E-state index in [1.165, 1.54) is 4.68 Å². The van der Waals surface area contributed by atoms with Gasteiger partial charge in [-0.25, -0.2) is 9.48 Å². The first kappa shape index (κ1) is 15.5. The van der Waals surface area contributed by atoms with Crippen molar-refractivity contribution in [1.82, 2.24) is 35.4 Å². The van der Waals surface area contributed by atoms with Crippen LogP contribution in [-0.2, 0) is 0 Å². The molecule has 2 aromatic heterocycles. The molecule has 0 bridgehead atoms. The van der Waals surface area contributed by atoms with Crippen molar-refractivity contribution in [2.75, 3.05) is 30.4 Å². The quantitative estimate of drug-likeness (QED) is 0.538. The summed E-state index contributed by atoms with van der Waals surface area (Å²) in [4.78, 5) is 24.1. The van der Waals surface area contributed by atoms with E-state index in [4.69, 9.17) is 0 Å². The highest BCUT2D eigenvalue weighted by Gasteiger charge is 2.08. The van der Waals surface area contributed by atoms with Crippen molar-refractivity contribution in [3.8, 4) is 5.95 Å². The minimum absolute atomic E-state index is 0.194. The van der Waals surface area contributed by atoms with Gasteiger partial charge in [0.15, 0.2) is 0 Å². The number of nitrogens with zero attached hydrogens (tertiary/aromatic N) is 5. The van der Waals surface area contributed by atoms with Gasteiger partial charge in [0.25, 0.3) is 5.95 Å². The van der Waals surface area contributed by atoms with Gasteiger partial charge >= 0.3 is 6.03 Å². The second-order valence-electron chi connectivity index (χ2n) is 4.15. The van der Waals surface area contributed by atoms with Gasteiger partial charge in [-0.15, -0.1) is 0 Å². The molecule has 0 spiro atoms. The van der Waals surface area contributed by atoms with Crippen LogP contribution >= 0.6 is 0 Å². The Kier molecular flexibility index (Phi) is 5.46. The molecule has 0 aliphatic carbocycles. The van der Waals surface area contributed by atoms with Crippen molar-refractivity contribution in [1.29, 1.82) is 0 Å². The van der Waals surface area contributed by atoms with Gasteiger partial charge in [-0.1, -0.05) is 0 Å². The third-order valence-corrected chi connectivity index (χ3v) is 2.50. The van der Waals surface area contributed by atoms with Crippen LogP contribution in [0.3, 0.4) is 0 Å². The third kappa shape index (κ3) is 4.30. The molecule has 0 radical (unpaired) electrons. The van der Waals surface area contributed by atoms with Gasteiger partial charge in [-0.05, 0) is 19.9 Å². The van der Waals surface area contributed by atoms with Crippen LogP contribution in [0, 0.1) is 0 Å². The number of carbonyl (C=O) groups excluding carboxylic acids is 1. The Morgan fingerprint density at radius 2 is 1.86 bits per heavy atom. The molecule has 118 valence electrons. The molecular formula is C12H19N9O. The summed E-state index contributed by atoms with van der Waals surface area (Å²) in [7, 11) is 0. The van der Waals surface area contributed by atoms with Crippen LogP contribution in [-0.4, -0.2) is 50.5 Å². The van der Waals surface area contributed by atoms with Crippen molar-refractivity contribution in [3.05, 3.63) is 18.5 Å². The molecule has 2 heterocycles. The lowest BCUT2D eigenvalue weighted by Crippen LogP contribution is -2.38. The Bertz CT molecular complexity index is 599. The predicted octanol–water partition coefficient (Wildman–Crippen LogP) is 0.178. The summed E-state index contributed by atoms with van der Waals surface area (Å²) in [5, 5.41) is 15.3. The van der Waals surface area contributed by atoms with Gasteiger partial charge in [0, 0.05) is 25.5 Å². The number of hydrogen-bond donors (Lipinski definition) is 4. The fourth-order valence-electron chi connectivity index (χ4n) is 1.60. The summed E-state index contributed by atoms with van der Waals surface area (Å²) in [6, 6.07) is 1.52. The number of amides is 2. The van der Waals surface area contributed by atoms with Gasteiger partial charge in [0.2, 0.25) is 11.9 Å². The first-order valence-corrected chi connectivity index (χ1v) is 6.98. The average molecular weight is 305 g/mol. The molecule has 2 aromatic rings. The standard InChI is InChI=1S/C12H19N9O/c1-3-13-9-18-10(15-8-16-12(22)14-4-2)20-11(19-9)21-7-5-6-17-21/h5-7H,3-4,8H2,1-2H3,(H2,14,16,22)(H2,13,15,18,19,20). The Labute approximate surface area is 127 Å². The highest BCUT2D eigenvalue weighted by atomic mass is 16.2. The minimum atomic E-state index is -0.261. The number of anilines is 2. The number of aromatic nitrogens is 5. The van der Waals surface area contributed by atoms with E-state index >= 15 is 0 Å². The molecule has 0 saturated carbocycles. The fourth-order valence-corrected chi connectivity index (χ4v) is 1.60. The minimum Gasteiger partial charge on any atom is -0.354 e. The lowest BCUT2D eigenvalue weighted by Gasteiger charge is -2.10. The lowest BCUT2D eigenvalue weighted by molar-refractivity contribution is 0.242. The van der Waals surface area contributed by atoms with E-state index in [0.717, 1.165) is 0 Å². The summed E-state index contributed by atoms with van der Waals surface area (Å²) in [6.07, 6.45) is 3.38. The Balaban J connectivity index is 2.07. The Morgan fingerprint density at radius 3 is 2.50 bits per heavy atom. The molecule has 10 nitrogen and oxygen atoms in total. The van der Waals surface area contributed by atoms with Crippen LogP contribution < -0.4 is 21.3 Å². The molecule has 0 atom stereocenters. The zero-order chi connectivity index (χ0) is 15.8. The summed E-state index contributed by atoms with van der Waals surface area (Å²) in [5.41, 5.74) is 0. The Hall–Kier alpha value is -2.91. The van der Waals surface area contributed by atoms with E-state index in [2.05, 4.69) is 41.3 Å². The molecule has 0 saturated heterocycles. The first-order valence-electron chi connectivity index (χ1n) is 6.98. The lowest BCUT2D eigenvalue weighted by atomic mass is 10.7. The zero-order valence-electron chi connectivity index (χ0n) is 12.5. The van der Waals surface area contributed by atoms with E-state index in [-0.39, 0.29) is 12.7 Å². The third-order valence-electron chi connectivity index (χ3n) is 2.50. The molecule has 0 aromatic carbocycles. The average Bonchev–Trinajstić information content (AvgIpc) is 3.02. The highest BCUT2D eigenvalue weighted by Crippen LogP contribution is 2.08. The number of urea groups is 1. The van der Waals surface area contributed by atoms with Crippen molar-refractivity contribution < 1.29 is 4.79 Å². The maximum absolute atomic E-state index is 11.3. The number of nitrogens with one attached hydrogen (secondary N) is 4. The van der Waals surface area contributed by atoms with Gasteiger partial charge in [-0.3, -0.25) is 0 Å². The van der Waals surface area contributed by atoms with Crippen molar-refractivity contribution >= 4 is 17.9 Å². The summed E-state index contributed by atoms with van der Waals surface area (Å²) in [5.74, 6) is 1.16. The normalized spacial score (nSPS) is 10.1. The van der Waals surface area contributed by atoms with Gasteiger partial charge < -0.3 is 21.3 Å². The van der Waals surface area contributed by atoms with Crippen LogP contribution in [0.4, 0.5) is 16.7 Å². The molecule has 0 unspecified atom stereocenters. The second-order valence-corrected chi connectivity index (χ2v) is 4.15. The largest absolute Gasteiger partial charge is 0.354 e. The van der Waals surface area contributed by atoms with E-state index in [1.807, 2.05) is 13.8 Å². The smallest absolute Gasteiger partial charge is 0.316 e.